The number of hydrogen-bond acceptors (Lipinski definition) is 5. The number of carbonyl (C=O) groups excluding carboxylic acids is 3. The molecule has 8 heteroatoms. The molecule has 0 heterocycles. The molecule has 0 atom stereocenters. The van der Waals surface area contributed by atoms with Crippen LogP contribution in [-0.2, 0) is 19.6 Å². The van der Waals surface area contributed by atoms with Crippen LogP contribution in [-0.4, -0.2) is 39.0 Å². The van der Waals surface area contributed by atoms with Crippen molar-refractivity contribution in [1.29, 1.82) is 0 Å². The smallest absolute Gasteiger partial charge is 0.287 e. The fourth-order valence-corrected chi connectivity index (χ4v) is 3.26. The van der Waals surface area contributed by atoms with Crippen molar-refractivity contribution >= 4 is 27.5 Å². The second-order valence-corrected chi connectivity index (χ2v) is 7.62. The Balaban J connectivity index is 1.77. The summed E-state index contributed by atoms with van der Waals surface area (Å²) in [5.74, 6) is -2.24. The number of hydrogen-bond donors (Lipinski definition) is 2. The summed E-state index contributed by atoms with van der Waals surface area (Å²) in [6, 6.07) is 14.5. The zero-order chi connectivity index (χ0) is 19.9. The molecule has 0 fully saturated rings. The Morgan fingerprint density at radius 2 is 1.52 bits per heavy atom. The van der Waals surface area contributed by atoms with E-state index in [1.807, 2.05) is 6.92 Å². The number of Topliss-reactive ketones (excluding diaryl/α,β-unsaturated/α-hetero) is 2. The minimum absolute atomic E-state index is 0.0740. The first-order valence-electron chi connectivity index (χ1n) is 8.25. The van der Waals surface area contributed by atoms with Gasteiger partial charge in [0.25, 0.3) is 5.91 Å². The predicted molar refractivity (Wildman–Crippen MR) is 99.8 cm³/mol. The Bertz CT molecular complexity index is 922. The summed E-state index contributed by atoms with van der Waals surface area (Å²) in [6.45, 7) is 1.72. The van der Waals surface area contributed by atoms with Gasteiger partial charge in [0.05, 0.1) is 11.3 Å². The van der Waals surface area contributed by atoms with Gasteiger partial charge in [0.15, 0.2) is 5.78 Å². The van der Waals surface area contributed by atoms with Crippen LogP contribution in [0.25, 0.3) is 0 Å². The Kier molecular flexibility index (Phi) is 6.98. The molecule has 1 amide bonds. The van der Waals surface area contributed by atoms with E-state index in [0.29, 0.717) is 5.56 Å². The maximum atomic E-state index is 12.0. The monoisotopic (exact) mass is 388 g/mol. The molecule has 0 aromatic heterocycles. The molecule has 0 saturated carbocycles. The molecule has 2 aromatic carbocycles. The molecule has 0 saturated heterocycles. The van der Waals surface area contributed by atoms with Crippen molar-refractivity contribution < 1.29 is 22.8 Å². The lowest BCUT2D eigenvalue weighted by Gasteiger charge is -2.07. The number of nitrogens with one attached hydrogen (secondary N) is 2. The van der Waals surface area contributed by atoms with Crippen molar-refractivity contribution in [2.24, 2.45) is 0 Å². The van der Waals surface area contributed by atoms with Crippen LogP contribution in [0.1, 0.15) is 22.3 Å². The topological polar surface area (TPSA) is 109 Å². The van der Waals surface area contributed by atoms with Crippen LogP contribution >= 0.6 is 0 Å². The lowest BCUT2D eigenvalue weighted by atomic mass is 10.0. The molecule has 0 radical (unpaired) electrons. The molecule has 2 N–H and O–H groups in total. The minimum Gasteiger partial charge on any atom is -0.348 e. The Hall–Kier alpha value is -2.84. The molecule has 0 bridgehead atoms. The summed E-state index contributed by atoms with van der Waals surface area (Å²) in [5.41, 5.74) is 1.34. The highest BCUT2D eigenvalue weighted by atomic mass is 32.2. The van der Waals surface area contributed by atoms with Gasteiger partial charge in [-0.15, -0.1) is 0 Å². The molecule has 0 spiro atoms. The van der Waals surface area contributed by atoms with Gasteiger partial charge < -0.3 is 5.32 Å². The van der Waals surface area contributed by atoms with Crippen LogP contribution in [0.5, 0.6) is 0 Å². The predicted octanol–water partition coefficient (Wildman–Crippen LogP) is 1.23. The summed E-state index contributed by atoms with van der Waals surface area (Å²) in [5, 5.41) is 2.30. The van der Waals surface area contributed by atoms with Crippen molar-refractivity contribution in [3.05, 3.63) is 65.7 Å². The molecular weight excluding hydrogens is 368 g/mol. The highest BCUT2D eigenvalue weighted by Crippen LogP contribution is 2.07. The molecule has 27 heavy (non-hydrogen) atoms. The highest BCUT2D eigenvalue weighted by Gasteiger charge is 2.19. The third-order valence-corrected chi connectivity index (χ3v) is 5.18. The summed E-state index contributed by atoms with van der Waals surface area (Å²) < 4.78 is 26.3. The van der Waals surface area contributed by atoms with Crippen LogP contribution in [0.4, 0.5) is 0 Å². The summed E-state index contributed by atoms with van der Waals surface area (Å²) in [6.07, 6.45) is -0.537. The summed E-state index contributed by atoms with van der Waals surface area (Å²) in [7, 11) is -3.68. The standard InChI is InChI=1S/C19H20N2O5S/c1-14-7-9-15(10-8-14)17(22)13-18(23)19(24)20-11-12-21-27(25,26)16-5-3-2-4-6-16/h2-10,21H,11-13H2,1H3,(H,20,24). The van der Waals surface area contributed by atoms with E-state index in [1.54, 1.807) is 42.5 Å². The first-order chi connectivity index (χ1) is 12.8. The van der Waals surface area contributed by atoms with Crippen molar-refractivity contribution in [2.75, 3.05) is 13.1 Å². The van der Waals surface area contributed by atoms with Crippen molar-refractivity contribution in [2.45, 2.75) is 18.2 Å². The van der Waals surface area contributed by atoms with E-state index in [1.165, 1.54) is 12.1 Å². The molecular formula is C19H20N2O5S. The third-order valence-electron chi connectivity index (χ3n) is 3.70. The van der Waals surface area contributed by atoms with Gasteiger partial charge in [0.2, 0.25) is 15.8 Å². The molecule has 7 nitrogen and oxygen atoms in total. The average Bonchev–Trinajstić information content (AvgIpc) is 2.66. The zero-order valence-electron chi connectivity index (χ0n) is 14.8. The van der Waals surface area contributed by atoms with Crippen LogP contribution in [0.2, 0.25) is 0 Å². The van der Waals surface area contributed by atoms with Gasteiger partial charge >= 0.3 is 0 Å². The average molecular weight is 388 g/mol. The van der Waals surface area contributed by atoms with Gasteiger partial charge in [0, 0.05) is 18.7 Å². The normalized spacial score (nSPS) is 11.0. The number of sulfonamides is 1. The SMILES string of the molecule is Cc1ccc(C(=O)CC(=O)C(=O)NCCNS(=O)(=O)c2ccccc2)cc1. The van der Waals surface area contributed by atoms with E-state index in [4.69, 9.17) is 0 Å². The fraction of sp³-hybridized carbons (Fsp3) is 0.211. The molecule has 0 aliphatic carbocycles. The Morgan fingerprint density at radius 1 is 0.889 bits per heavy atom. The number of amides is 1. The number of ketones is 2. The van der Waals surface area contributed by atoms with E-state index in [-0.39, 0.29) is 18.0 Å². The number of benzene rings is 2. The van der Waals surface area contributed by atoms with E-state index in [0.717, 1.165) is 5.56 Å². The van der Waals surface area contributed by atoms with Crippen LogP contribution in [0, 0.1) is 6.92 Å². The van der Waals surface area contributed by atoms with Gasteiger partial charge in [-0.25, -0.2) is 13.1 Å². The van der Waals surface area contributed by atoms with Crippen LogP contribution in [0.3, 0.4) is 0 Å². The van der Waals surface area contributed by atoms with E-state index < -0.39 is 33.9 Å². The van der Waals surface area contributed by atoms with Crippen molar-refractivity contribution in [1.82, 2.24) is 10.0 Å². The van der Waals surface area contributed by atoms with Crippen molar-refractivity contribution in [3.8, 4) is 0 Å². The second kappa shape index (κ2) is 9.20. The maximum Gasteiger partial charge on any atom is 0.287 e. The molecule has 0 aliphatic heterocycles. The lowest BCUT2D eigenvalue weighted by molar-refractivity contribution is -0.137. The molecule has 2 rings (SSSR count). The third kappa shape index (κ3) is 6.12. The van der Waals surface area contributed by atoms with Gasteiger partial charge in [-0.2, -0.15) is 0 Å². The second-order valence-electron chi connectivity index (χ2n) is 5.86. The number of rotatable bonds is 9. The largest absolute Gasteiger partial charge is 0.348 e. The highest BCUT2D eigenvalue weighted by molar-refractivity contribution is 7.89. The maximum absolute atomic E-state index is 12.0. The van der Waals surface area contributed by atoms with Crippen LogP contribution in [0.15, 0.2) is 59.5 Å². The minimum atomic E-state index is -3.68. The molecule has 142 valence electrons. The van der Waals surface area contributed by atoms with Crippen LogP contribution < -0.4 is 10.0 Å². The Morgan fingerprint density at radius 3 is 2.15 bits per heavy atom. The zero-order valence-corrected chi connectivity index (χ0v) is 15.6. The van der Waals surface area contributed by atoms with Gasteiger partial charge in [0.1, 0.15) is 0 Å². The van der Waals surface area contributed by atoms with Gasteiger partial charge in [-0.05, 0) is 19.1 Å². The quantitative estimate of drug-likeness (QED) is 0.291. The van der Waals surface area contributed by atoms with E-state index in [9.17, 15) is 22.8 Å². The molecule has 0 unspecified atom stereocenters. The van der Waals surface area contributed by atoms with Gasteiger partial charge in [-0.1, -0.05) is 48.0 Å². The Labute approximate surface area is 157 Å². The van der Waals surface area contributed by atoms with Crippen molar-refractivity contribution in [3.63, 3.8) is 0 Å². The molecule has 2 aromatic rings. The number of aryl methyl sites for hydroxylation is 1. The summed E-state index contributed by atoms with van der Waals surface area (Å²) in [4.78, 5) is 35.7. The fourth-order valence-electron chi connectivity index (χ4n) is 2.21. The van der Waals surface area contributed by atoms with E-state index >= 15 is 0 Å². The molecule has 0 aliphatic rings. The summed E-state index contributed by atoms with van der Waals surface area (Å²) >= 11 is 0. The van der Waals surface area contributed by atoms with E-state index in [2.05, 4.69) is 10.0 Å². The first-order valence-corrected chi connectivity index (χ1v) is 9.73. The first kappa shape index (κ1) is 20.5. The van der Waals surface area contributed by atoms with Gasteiger partial charge in [-0.3, -0.25) is 14.4 Å². The number of carbonyl (C=O) groups is 3. The lowest BCUT2D eigenvalue weighted by Crippen LogP contribution is -2.38.